The quantitative estimate of drug-likeness (QED) is 0.0808. The third kappa shape index (κ3) is 11.1. The average Bonchev–Trinajstić information content (AvgIpc) is 3.27. The molecular weight excluding hydrogens is 748 g/mol. The number of halogens is 1. The number of benzene rings is 6. The maximum absolute atomic E-state index is 7.21. The van der Waals surface area contributed by atoms with Crippen LogP contribution in [0.25, 0.3) is 0 Å². The number of hydrogen-bond donors (Lipinski definition) is 0. The van der Waals surface area contributed by atoms with Crippen molar-refractivity contribution in [3.05, 3.63) is 202 Å². The molecule has 1 aliphatic heterocycles. The normalized spacial score (nSPS) is 19.1. The van der Waals surface area contributed by atoms with E-state index in [0.717, 1.165) is 44.7 Å². The van der Waals surface area contributed by atoms with E-state index < -0.39 is 30.5 Å². The number of hydrogen-bond acceptors (Lipinski definition) is 7. The van der Waals surface area contributed by atoms with Gasteiger partial charge in [-0.3, -0.25) is 0 Å². The molecule has 0 unspecified atom stereocenters. The van der Waals surface area contributed by atoms with E-state index >= 15 is 0 Å². The third-order valence-corrected chi connectivity index (χ3v) is 10.6. The van der Waals surface area contributed by atoms with Crippen LogP contribution in [-0.4, -0.2) is 44.7 Å². The Labute approximate surface area is 347 Å². The van der Waals surface area contributed by atoms with E-state index in [9.17, 15) is 0 Å². The highest BCUT2D eigenvalue weighted by Gasteiger charge is 2.49. The average molecular weight is 799 g/mol. The maximum Gasteiger partial charge on any atom is 0.138 e. The lowest BCUT2D eigenvalue weighted by Crippen LogP contribution is -2.58. The second kappa shape index (κ2) is 21.1. The van der Waals surface area contributed by atoms with Crippen molar-refractivity contribution >= 4 is 11.6 Å². The Morgan fingerprint density at radius 3 is 1.57 bits per heavy atom. The van der Waals surface area contributed by atoms with Crippen molar-refractivity contribution in [1.82, 2.24) is 0 Å². The first-order valence-corrected chi connectivity index (χ1v) is 20.3. The summed E-state index contributed by atoms with van der Waals surface area (Å²) in [5, 5.41) is 0.543. The molecule has 1 heterocycles. The van der Waals surface area contributed by atoms with Crippen LogP contribution in [0.3, 0.4) is 0 Å². The Morgan fingerprint density at radius 2 is 1.05 bits per heavy atom. The highest BCUT2D eigenvalue weighted by Crippen LogP contribution is 2.42. The van der Waals surface area contributed by atoms with Gasteiger partial charge in [-0.2, -0.15) is 0 Å². The Kier molecular flexibility index (Phi) is 15.0. The van der Waals surface area contributed by atoms with Crippen LogP contribution in [0.1, 0.15) is 52.0 Å². The lowest BCUT2D eigenvalue weighted by molar-refractivity contribution is -0.275. The van der Waals surface area contributed by atoms with Gasteiger partial charge in [-0.15, -0.1) is 0 Å². The molecule has 0 N–H and O–H groups in total. The van der Waals surface area contributed by atoms with Crippen LogP contribution >= 0.6 is 11.6 Å². The maximum atomic E-state index is 7.21. The predicted octanol–water partition coefficient (Wildman–Crippen LogP) is 10.8. The van der Waals surface area contributed by atoms with E-state index in [4.69, 9.17) is 44.8 Å². The summed E-state index contributed by atoms with van der Waals surface area (Å²) in [6, 6.07) is 52.7. The number of ether oxygens (including phenoxy) is 7. The Bertz CT molecular complexity index is 2100. The number of rotatable bonds is 19. The van der Waals surface area contributed by atoms with Crippen molar-refractivity contribution in [3.63, 3.8) is 0 Å². The van der Waals surface area contributed by atoms with Crippen LogP contribution in [0, 0.1) is 0 Å². The molecule has 0 aromatic heterocycles. The predicted molar refractivity (Wildman–Crippen MR) is 227 cm³/mol. The van der Waals surface area contributed by atoms with E-state index in [1.165, 1.54) is 0 Å². The second-order valence-electron chi connectivity index (χ2n) is 14.3. The fourth-order valence-corrected chi connectivity index (χ4v) is 7.52. The molecule has 6 aromatic carbocycles. The molecule has 58 heavy (non-hydrogen) atoms. The van der Waals surface area contributed by atoms with Gasteiger partial charge in [-0.1, -0.05) is 151 Å². The molecule has 300 valence electrons. The molecule has 7 rings (SSSR count). The fourth-order valence-electron chi connectivity index (χ4n) is 7.27. The molecule has 5 atom stereocenters. The van der Waals surface area contributed by atoms with Gasteiger partial charge in [-0.05, 0) is 70.5 Å². The summed E-state index contributed by atoms with van der Waals surface area (Å²) in [7, 11) is 1.64. The van der Waals surface area contributed by atoms with Crippen LogP contribution in [0.2, 0.25) is 5.02 Å². The molecule has 0 saturated carbocycles. The largest absolute Gasteiger partial charge is 0.495 e. The number of methoxy groups -OCH3 is 1. The molecule has 0 radical (unpaired) electrons. The summed E-state index contributed by atoms with van der Waals surface area (Å²) in [6.45, 7) is 4.29. The summed E-state index contributed by atoms with van der Waals surface area (Å²) in [4.78, 5) is 0. The summed E-state index contributed by atoms with van der Waals surface area (Å²) in [5.74, 6) is 1.37. The van der Waals surface area contributed by atoms with E-state index in [-0.39, 0.29) is 6.61 Å². The molecule has 0 amide bonds. The van der Waals surface area contributed by atoms with Gasteiger partial charge in [0.2, 0.25) is 0 Å². The summed E-state index contributed by atoms with van der Waals surface area (Å²) in [5.41, 5.74) is 7.00. The fraction of sp³-hybridized carbons (Fsp3) is 0.280. The zero-order valence-electron chi connectivity index (χ0n) is 33.1. The minimum absolute atomic E-state index is 0.255. The van der Waals surface area contributed by atoms with Crippen molar-refractivity contribution in [2.75, 3.05) is 20.3 Å². The summed E-state index contributed by atoms with van der Waals surface area (Å²) < 4.78 is 46.1. The van der Waals surface area contributed by atoms with Crippen molar-refractivity contribution in [3.8, 4) is 11.5 Å². The van der Waals surface area contributed by atoms with Gasteiger partial charge < -0.3 is 33.2 Å². The molecule has 6 aromatic rings. The van der Waals surface area contributed by atoms with Crippen LogP contribution in [0.15, 0.2) is 158 Å². The SMILES string of the molecule is CCOc1ccc(Cc2cc([C@@H]3O[C@H](COCc4ccccc4)[C@@H](OCc4ccccc4)[C@H](OCc4ccccc4)[C@H]3OCc3ccccc3)cc(OC)c2Cl)cc1. The van der Waals surface area contributed by atoms with Crippen molar-refractivity contribution < 1.29 is 33.2 Å². The van der Waals surface area contributed by atoms with E-state index in [1.807, 2.05) is 97.9 Å². The summed E-state index contributed by atoms with van der Waals surface area (Å²) >= 11 is 7.07. The van der Waals surface area contributed by atoms with Gasteiger partial charge in [0.25, 0.3) is 0 Å². The summed E-state index contributed by atoms with van der Waals surface area (Å²) in [6.07, 6.45) is -2.33. The first kappa shape index (κ1) is 41.2. The topological polar surface area (TPSA) is 64.6 Å². The van der Waals surface area contributed by atoms with Gasteiger partial charge >= 0.3 is 0 Å². The van der Waals surface area contributed by atoms with Crippen LogP contribution < -0.4 is 9.47 Å². The Hall–Kier alpha value is -4.99. The first-order chi connectivity index (χ1) is 28.6. The minimum Gasteiger partial charge on any atom is -0.495 e. The Balaban J connectivity index is 1.28. The van der Waals surface area contributed by atoms with E-state index in [2.05, 4.69) is 66.7 Å². The zero-order chi connectivity index (χ0) is 39.9. The third-order valence-electron chi connectivity index (χ3n) is 10.2. The van der Waals surface area contributed by atoms with Gasteiger partial charge in [0.15, 0.2) is 0 Å². The van der Waals surface area contributed by atoms with Gasteiger partial charge in [-0.25, -0.2) is 0 Å². The minimum atomic E-state index is -0.614. The second-order valence-corrected chi connectivity index (χ2v) is 14.7. The molecule has 8 heteroatoms. The monoisotopic (exact) mass is 798 g/mol. The van der Waals surface area contributed by atoms with E-state index in [0.29, 0.717) is 50.2 Å². The van der Waals surface area contributed by atoms with Crippen molar-refractivity contribution in [1.29, 1.82) is 0 Å². The van der Waals surface area contributed by atoms with Crippen molar-refractivity contribution in [2.45, 2.75) is 70.3 Å². The standard InChI is InChI=1S/C50H51ClO7/c1-3-54-43-26-24-36(25-27-43)28-41-29-42(30-44(52-2)46(41)51)47-49(56-33-39-20-12-6-13-21-39)50(57-34-40-22-14-7-15-23-40)48(55-32-38-18-10-5-11-19-38)45(58-47)35-53-31-37-16-8-4-9-17-37/h4-27,29-30,45,47-50H,3,28,31-35H2,1-2H3/t45-,47+,48-,49+,50+/m1/s1. The lowest BCUT2D eigenvalue weighted by Gasteiger charge is -2.46. The highest BCUT2D eigenvalue weighted by molar-refractivity contribution is 6.32. The molecule has 0 aliphatic carbocycles. The van der Waals surface area contributed by atoms with Crippen LogP contribution in [-0.2, 0) is 56.5 Å². The zero-order valence-corrected chi connectivity index (χ0v) is 33.8. The molecule has 1 saturated heterocycles. The molecule has 7 nitrogen and oxygen atoms in total. The lowest BCUT2D eigenvalue weighted by atomic mass is 9.89. The van der Waals surface area contributed by atoms with Gasteiger partial charge in [0.1, 0.15) is 42.0 Å². The van der Waals surface area contributed by atoms with E-state index in [1.54, 1.807) is 7.11 Å². The molecule has 0 bridgehead atoms. The van der Waals surface area contributed by atoms with Gasteiger partial charge in [0.05, 0.1) is 51.8 Å². The smallest absolute Gasteiger partial charge is 0.138 e. The van der Waals surface area contributed by atoms with Crippen LogP contribution in [0.5, 0.6) is 11.5 Å². The Morgan fingerprint density at radius 1 is 0.552 bits per heavy atom. The molecule has 0 spiro atoms. The first-order valence-electron chi connectivity index (χ1n) is 19.9. The molecular formula is C50H51ClO7. The molecule has 1 aliphatic rings. The van der Waals surface area contributed by atoms with Crippen LogP contribution in [0.4, 0.5) is 0 Å². The van der Waals surface area contributed by atoms with Crippen molar-refractivity contribution in [2.24, 2.45) is 0 Å². The highest BCUT2D eigenvalue weighted by atomic mass is 35.5. The van der Waals surface area contributed by atoms with Gasteiger partial charge in [0, 0.05) is 0 Å². The molecule has 1 fully saturated rings.